The van der Waals surface area contributed by atoms with Gasteiger partial charge in [0.25, 0.3) is 0 Å². The third-order valence-electron chi connectivity index (χ3n) is 6.13. The van der Waals surface area contributed by atoms with Gasteiger partial charge in [0.2, 0.25) is 11.8 Å². The van der Waals surface area contributed by atoms with Crippen LogP contribution in [0.1, 0.15) is 37.7 Å². The van der Waals surface area contributed by atoms with Crippen LogP contribution in [0, 0.1) is 5.92 Å². The van der Waals surface area contributed by atoms with E-state index < -0.39 is 6.67 Å². The van der Waals surface area contributed by atoms with Crippen molar-refractivity contribution in [2.75, 3.05) is 26.3 Å². The molecule has 1 unspecified atom stereocenters. The molecule has 4 rings (SSSR count). The Labute approximate surface area is 148 Å². The van der Waals surface area contributed by atoms with Gasteiger partial charge in [0, 0.05) is 38.0 Å². The number of alkyl halides is 1. The molecular formula is C20H25FN2O2. The lowest BCUT2D eigenvalue weighted by molar-refractivity contribution is -0.136. The zero-order valence-electron chi connectivity index (χ0n) is 14.5. The number of amides is 2. The number of hydrogen-bond donors (Lipinski definition) is 0. The van der Waals surface area contributed by atoms with Gasteiger partial charge < -0.3 is 9.80 Å². The molecule has 1 aliphatic carbocycles. The van der Waals surface area contributed by atoms with E-state index in [-0.39, 0.29) is 29.2 Å². The minimum atomic E-state index is -0.417. The molecule has 0 radical (unpaired) electrons. The number of benzene rings is 1. The molecule has 2 aliphatic heterocycles. The number of nitrogens with zero attached hydrogens (tertiary/aromatic N) is 2. The van der Waals surface area contributed by atoms with Crippen LogP contribution in [0.4, 0.5) is 4.39 Å². The molecule has 0 N–H and O–H groups in total. The number of piperidine rings is 1. The lowest BCUT2D eigenvalue weighted by Crippen LogP contribution is -2.49. The maximum atomic E-state index is 13.1. The zero-order chi connectivity index (χ0) is 17.4. The molecule has 1 aromatic carbocycles. The van der Waals surface area contributed by atoms with Crippen LogP contribution in [-0.4, -0.2) is 54.0 Å². The zero-order valence-corrected chi connectivity index (χ0v) is 14.5. The van der Waals surface area contributed by atoms with Crippen LogP contribution in [0.15, 0.2) is 30.3 Å². The predicted octanol–water partition coefficient (Wildman–Crippen LogP) is 2.53. The van der Waals surface area contributed by atoms with Gasteiger partial charge in [0.1, 0.15) is 0 Å². The third-order valence-corrected chi connectivity index (χ3v) is 6.13. The molecule has 1 atom stereocenters. The van der Waals surface area contributed by atoms with Crippen molar-refractivity contribution in [2.45, 2.75) is 43.6 Å². The lowest BCUT2D eigenvalue weighted by Gasteiger charge is -2.38. The second kappa shape index (κ2) is 6.43. The van der Waals surface area contributed by atoms with Gasteiger partial charge in [-0.3, -0.25) is 14.0 Å². The second-order valence-electron chi connectivity index (χ2n) is 7.74. The molecule has 25 heavy (non-hydrogen) atoms. The smallest absolute Gasteiger partial charge is 0.233 e. The van der Waals surface area contributed by atoms with E-state index in [1.54, 1.807) is 0 Å². The average molecular weight is 344 g/mol. The van der Waals surface area contributed by atoms with Crippen LogP contribution in [-0.2, 0) is 15.0 Å². The predicted molar refractivity (Wildman–Crippen MR) is 92.8 cm³/mol. The summed E-state index contributed by atoms with van der Waals surface area (Å²) in [5.41, 5.74) is 0.819. The van der Waals surface area contributed by atoms with E-state index in [1.165, 1.54) is 0 Å². The van der Waals surface area contributed by atoms with Gasteiger partial charge in [-0.15, -0.1) is 0 Å². The molecule has 1 saturated carbocycles. The standard InChI is InChI=1S/C20H25FN2O2/c21-13-15-12-18(24)23(14-15)17-6-10-22(11-7-17)19(25)20(8-9-20)16-4-2-1-3-5-16/h1-5,15,17H,6-14H2. The van der Waals surface area contributed by atoms with Crippen LogP contribution in [0.3, 0.4) is 0 Å². The van der Waals surface area contributed by atoms with Gasteiger partial charge in [-0.25, -0.2) is 0 Å². The molecule has 2 amide bonds. The van der Waals surface area contributed by atoms with Crippen LogP contribution in [0.2, 0.25) is 0 Å². The first-order chi connectivity index (χ1) is 12.1. The van der Waals surface area contributed by atoms with Gasteiger partial charge in [-0.05, 0) is 31.2 Å². The fraction of sp³-hybridized carbons (Fsp3) is 0.600. The molecule has 2 saturated heterocycles. The van der Waals surface area contributed by atoms with E-state index >= 15 is 0 Å². The number of halogens is 1. The van der Waals surface area contributed by atoms with Crippen molar-refractivity contribution in [1.29, 1.82) is 0 Å². The first-order valence-electron chi connectivity index (χ1n) is 9.34. The minimum Gasteiger partial charge on any atom is -0.342 e. The Morgan fingerprint density at radius 3 is 2.40 bits per heavy atom. The molecule has 0 aromatic heterocycles. The molecule has 0 bridgehead atoms. The lowest BCUT2D eigenvalue weighted by atomic mass is 9.92. The molecule has 1 aromatic rings. The summed E-state index contributed by atoms with van der Waals surface area (Å²) < 4.78 is 12.8. The van der Waals surface area contributed by atoms with Crippen molar-refractivity contribution in [1.82, 2.24) is 9.80 Å². The average Bonchev–Trinajstić information content (AvgIpc) is 3.39. The monoisotopic (exact) mass is 344 g/mol. The topological polar surface area (TPSA) is 40.6 Å². The summed E-state index contributed by atoms with van der Waals surface area (Å²) in [5.74, 6) is 0.182. The first-order valence-corrected chi connectivity index (χ1v) is 9.34. The molecule has 2 heterocycles. The summed E-state index contributed by atoms with van der Waals surface area (Å²) in [6, 6.07) is 10.2. The summed E-state index contributed by atoms with van der Waals surface area (Å²) >= 11 is 0. The number of likely N-dealkylation sites (tertiary alicyclic amines) is 2. The van der Waals surface area contributed by atoms with E-state index in [4.69, 9.17) is 0 Å². The third kappa shape index (κ3) is 2.94. The van der Waals surface area contributed by atoms with Gasteiger partial charge in [-0.1, -0.05) is 30.3 Å². The minimum absolute atomic E-state index is 0.0791. The van der Waals surface area contributed by atoms with E-state index in [0.29, 0.717) is 26.1 Å². The molecule has 5 heteroatoms. The molecular weight excluding hydrogens is 319 g/mol. The summed E-state index contributed by atoms with van der Waals surface area (Å²) in [6.07, 6.45) is 3.81. The normalized spacial score (nSPS) is 26.1. The Morgan fingerprint density at radius 1 is 1.16 bits per heavy atom. The Bertz CT molecular complexity index is 651. The van der Waals surface area contributed by atoms with E-state index in [9.17, 15) is 14.0 Å². The number of carbonyl (C=O) groups is 2. The van der Waals surface area contributed by atoms with Gasteiger partial charge in [0.05, 0.1) is 12.1 Å². The summed E-state index contributed by atoms with van der Waals surface area (Å²) in [4.78, 5) is 29.0. The van der Waals surface area contributed by atoms with E-state index in [0.717, 1.165) is 31.2 Å². The summed E-state index contributed by atoms with van der Waals surface area (Å²) in [7, 11) is 0. The highest BCUT2D eigenvalue weighted by Gasteiger charge is 2.53. The highest BCUT2D eigenvalue weighted by Crippen LogP contribution is 2.49. The van der Waals surface area contributed by atoms with E-state index in [2.05, 4.69) is 12.1 Å². The highest BCUT2D eigenvalue weighted by atomic mass is 19.1. The number of rotatable bonds is 4. The summed E-state index contributed by atoms with van der Waals surface area (Å²) in [5, 5.41) is 0. The van der Waals surface area contributed by atoms with E-state index in [1.807, 2.05) is 28.0 Å². The Hall–Kier alpha value is -1.91. The fourth-order valence-electron chi connectivity index (χ4n) is 4.46. The van der Waals surface area contributed by atoms with Crippen LogP contribution in [0.25, 0.3) is 0 Å². The molecule has 3 fully saturated rings. The van der Waals surface area contributed by atoms with Gasteiger partial charge in [0.15, 0.2) is 0 Å². The summed E-state index contributed by atoms with van der Waals surface area (Å²) in [6.45, 7) is 1.52. The van der Waals surface area contributed by atoms with Crippen molar-refractivity contribution >= 4 is 11.8 Å². The Morgan fingerprint density at radius 2 is 1.84 bits per heavy atom. The van der Waals surface area contributed by atoms with Crippen molar-refractivity contribution in [2.24, 2.45) is 5.92 Å². The quantitative estimate of drug-likeness (QED) is 0.842. The Balaban J connectivity index is 1.38. The Kier molecular flexibility index (Phi) is 4.26. The molecule has 4 nitrogen and oxygen atoms in total. The second-order valence-corrected chi connectivity index (χ2v) is 7.74. The van der Waals surface area contributed by atoms with Gasteiger partial charge in [-0.2, -0.15) is 0 Å². The highest BCUT2D eigenvalue weighted by molar-refractivity contribution is 5.91. The maximum Gasteiger partial charge on any atom is 0.233 e. The van der Waals surface area contributed by atoms with Crippen molar-refractivity contribution < 1.29 is 14.0 Å². The molecule has 0 spiro atoms. The SMILES string of the molecule is O=C1CC(CF)CN1C1CCN(C(=O)C2(c3ccccc3)CC2)CC1. The van der Waals surface area contributed by atoms with Crippen LogP contribution >= 0.6 is 0 Å². The fourth-order valence-corrected chi connectivity index (χ4v) is 4.46. The van der Waals surface area contributed by atoms with Crippen molar-refractivity contribution in [3.63, 3.8) is 0 Å². The van der Waals surface area contributed by atoms with Crippen LogP contribution in [0.5, 0.6) is 0 Å². The van der Waals surface area contributed by atoms with Crippen LogP contribution < -0.4 is 0 Å². The maximum absolute atomic E-state index is 13.1. The van der Waals surface area contributed by atoms with Gasteiger partial charge >= 0.3 is 0 Å². The number of hydrogen-bond acceptors (Lipinski definition) is 2. The largest absolute Gasteiger partial charge is 0.342 e. The molecule has 134 valence electrons. The van der Waals surface area contributed by atoms with Crippen molar-refractivity contribution in [3.8, 4) is 0 Å². The first kappa shape index (κ1) is 16.6. The van der Waals surface area contributed by atoms with Crippen molar-refractivity contribution in [3.05, 3.63) is 35.9 Å². The number of carbonyl (C=O) groups excluding carboxylic acids is 2. The molecule has 3 aliphatic rings.